The molecule has 2 aromatic heterocycles. The Morgan fingerprint density at radius 3 is 2.55 bits per heavy atom. The van der Waals surface area contributed by atoms with Crippen LogP contribution in [0.15, 0.2) is 53.3 Å². The van der Waals surface area contributed by atoms with Gasteiger partial charge in [0.25, 0.3) is 5.91 Å². The van der Waals surface area contributed by atoms with E-state index in [1.54, 1.807) is 55.7 Å². The molecular formula is C15H12N4O3. The molecule has 0 radical (unpaired) electrons. The van der Waals surface area contributed by atoms with E-state index in [4.69, 9.17) is 9.26 Å². The summed E-state index contributed by atoms with van der Waals surface area (Å²) in [4.78, 5) is 20.0. The molecule has 1 amide bonds. The SMILES string of the molecule is Cc1cc(NC(=O)c2ccc(Oc3ncccn3)cc2)no1. The number of nitrogens with zero attached hydrogens (tertiary/aromatic N) is 3. The standard InChI is InChI=1S/C15H12N4O3/c1-10-9-13(19-22-10)18-14(20)11-3-5-12(6-4-11)21-15-16-7-2-8-17-15/h2-9H,1H3,(H,18,19,20). The molecule has 7 heteroatoms. The molecule has 0 saturated carbocycles. The second-order valence-corrected chi connectivity index (χ2v) is 4.43. The lowest BCUT2D eigenvalue weighted by Crippen LogP contribution is -2.11. The number of aryl methyl sites for hydroxylation is 1. The highest BCUT2D eigenvalue weighted by Crippen LogP contribution is 2.18. The molecule has 0 atom stereocenters. The summed E-state index contributed by atoms with van der Waals surface area (Å²) >= 11 is 0. The van der Waals surface area contributed by atoms with E-state index >= 15 is 0 Å². The second-order valence-electron chi connectivity index (χ2n) is 4.43. The van der Waals surface area contributed by atoms with E-state index < -0.39 is 0 Å². The van der Waals surface area contributed by atoms with Gasteiger partial charge < -0.3 is 14.6 Å². The van der Waals surface area contributed by atoms with Crippen LogP contribution in [0.3, 0.4) is 0 Å². The van der Waals surface area contributed by atoms with Crippen molar-refractivity contribution in [3.63, 3.8) is 0 Å². The summed E-state index contributed by atoms with van der Waals surface area (Å²) < 4.78 is 10.3. The van der Waals surface area contributed by atoms with Crippen molar-refractivity contribution in [3.8, 4) is 11.8 Å². The predicted octanol–water partition coefficient (Wildman–Crippen LogP) is 2.82. The zero-order chi connectivity index (χ0) is 15.4. The molecule has 0 fully saturated rings. The highest BCUT2D eigenvalue weighted by atomic mass is 16.5. The summed E-state index contributed by atoms with van der Waals surface area (Å²) in [7, 11) is 0. The van der Waals surface area contributed by atoms with E-state index in [1.165, 1.54) is 0 Å². The maximum atomic E-state index is 12.0. The Morgan fingerprint density at radius 1 is 1.18 bits per heavy atom. The number of ether oxygens (including phenoxy) is 1. The van der Waals surface area contributed by atoms with Gasteiger partial charge in [0.15, 0.2) is 5.82 Å². The minimum atomic E-state index is -0.282. The average molecular weight is 296 g/mol. The molecule has 0 bridgehead atoms. The van der Waals surface area contributed by atoms with Crippen LogP contribution in [-0.4, -0.2) is 21.0 Å². The van der Waals surface area contributed by atoms with Gasteiger partial charge in [0.2, 0.25) is 0 Å². The van der Waals surface area contributed by atoms with Gasteiger partial charge in [-0.25, -0.2) is 9.97 Å². The van der Waals surface area contributed by atoms with Crippen LogP contribution >= 0.6 is 0 Å². The number of carbonyl (C=O) groups excluding carboxylic acids is 1. The van der Waals surface area contributed by atoms with E-state index in [0.717, 1.165) is 0 Å². The van der Waals surface area contributed by atoms with Gasteiger partial charge in [-0.15, -0.1) is 0 Å². The molecule has 1 N–H and O–H groups in total. The smallest absolute Gasteiger partial charge is 0.321 e. The summed E-state index contributed by atoms with van der Waals surface area (Å²) in [6.07, 6.45) is 3.17. The van der Waals surface area contributed by atoms with Gasteiger partial charge in [0, 0.05) is 24.0 Å². The van der Waals surface area contributed by atoms with Crippen molar-refractivity contribution in [2.24, 2.45) is 0 Å². The van der Waals surface area contributed by atoms with Crippen LogP contribution in [0.4, 0.5) is 5.82 Å². The van der Waals surface area contributed by atoms with Crippen LogP contribution in [0.5, 0.6) is 11.8 Å². The third kappa shape index (κ3) is 3.26. The first-order chi connectivity index (χ1) is 10.7. The Labute approximate surface area is 126 Å². The van der Waals surface area contributed by atoms with Gasteiger partial charge in [-0.05, 0) is 37.3 Å². The Balaban J connectivity index is 1.67. The minimum absolute atomic E-state index is 0.248. The molecule has 0 aliphatic carbocycles. The quantitative estimate of drug-likeness (QED) is 0.796. The third-order valence-electron chi connectivity index (χ3n) is 2.74. The van der Waals surface area contributed by atoms with Crippen LogP contribution in [-0.2, 0) is 0 Å². The lowest BCUT2D eigenvalue weighted by Gasteiger charge is -2.04. The minimum Gasteiger partial charge on any atom is -0.424 e. The van der Waals surface area contributed by atoms with Crippen LogP contribution in [0, 0.1) is 6.92 Å². The lowest BCUT2D eigenvalue weighted by atomic mass is 10.2. The molecule has 0 unspecified atom stereocenters. The summed E-state index contributed by atoms with van der Waals surface area (Å²) in [6, 6.07) is 10.2. The Kier molecular flexibility index (Phi) is 3.78. The molecule has 3 rings (SSSR count). The molecule has 7 nitrogen and oxygen atoms in total. The van der Waals surface area contributed by atoms with Crippen molar-refractivity contribution >= 4 is 11.7 Å². The van der Waals surface area contributed by atoms with Crippen LogP contribution in [0.2, 0.25) is 0 Å². The van der Waals surface area contributed by atoms with Crippen LogP contribution in [0.25, 0.3) is 0 Å². The predicted molar refractivity (Wildman–Crippen MR) is 77.7 cm³/mol. The molecule has 110 valence electrons. The van der Waals surface area contributed by atoms with Gasteiger partial charge in [-0.1, -0.05) is 5.16 Å². The average Bonchev–Trinajstić information content (AvgIpc) is 2.94. The molecule has 0 spiro atoms. The number of amides is 1. The number of hydrogen-bond acceptors (Lipinski definition) is 6. The van der Waals surface area contributed by atoms with Crippen LogP contribution in [0.1, 0.15) is 16.1 Å². The molecule has 3 aromatic rings. The van der Waals surface area contributed by atoms with Crippen molar-refractivity contribution in [3.05, 3.63) is 60.1 Å². The maximum Gasteiger partial charge on any atom is 0.321 e. The summed E-state index contributed by atoms with van der Waals surface area (Å²) in [5.74, 6) is 1.26. The fourth-order valence-electron chi connectivity index (χ4n) is 1.73. The molecule has 1 aromatic carbocycles. The zero-order valence-corrected chi connectivity index (χ0v) is 11.7. The van der Waals surface area contributed by atoms with E-state index in [2.05, 4.69) is 20.4 Å². The summed E-state index contributed by atoms with van der Waals surface area (Å²) in [5, 5.41) is 6.35. The first-order valence-electron chi connectivity index (χ1n) is 6.50. The maximum absolute atomic E-state index is 12.0. The van der Waals surface area contributed by atoms with E-state index in [1.807, 2.05) is 0 Å². The van der Waals surface area contributed by atoms with E-state index in [-0.39, 0.29) is 11.9 Å². The molecule has 0 aliphatic heterocycles. The number of hydrogen-bond donors (Lipinski definition) is 1. The van der Waals surface area contributed by atoms with E-state index in [0.29, 0.717) is 22.9 Å². The molecule has 2 heterocycles. The summed E-state index contributed by atoms with van der Waals surface area (Å²) in [6.45, 7) is 1.75. The third-order valence-corrected chi connectivity index (χ3v) is 2.74. The molecular weight excluding hydrogens is 284 g/mol. The van der Waals surface area contributed by atoms with Gasteiger partial charge in [0.1, 0.15) is 11.5 Å². The number of carbonyl (C=O) groups is 1. The Bertz CT molecular complexity index is 769. The van der Waals surface area contributed by atoms with Crippen molar-refractivity contribution in [1.82, 2.24) is 15.1 Å². The number of anilines is 1. The van der Waals surface area contributed by atoms with Gasteiger partial charge in [0.05, 0.1) is 0 Å². The Hall–Kier alpha value is -3.22. The highest BCUT2D eigenvalue weighted by Gasteiger charge is 2.09. The van der Waals surface area contributed by atoms with Crippen LogP contribution < -0.4 is 10.1 Å². The lowest BCUT2D eigenvalue weighted by molar-refractivity contribution is 0.102. The molecule has 22 heavy (non-hydrogen) atoms. The number of rotatable bonds is 4. The summed E-state index contributed by atoms with van der Waals surface area (Å²) in [5.41, 5.74) is 0.474. The number of aromatic nitrogens is 3. The fourth-order valence-corrected chi connectivity index (χ4v) is 1.73. The van der Waals surface area contributed by atoms with Crippen molar-refractivity contribution in [2.75, 3.05) is 5.32 Å². The fraction of sp³-hybridized carbons (Fsp3) is 0.0667. The second kappa shape index (κ2) is 6.04. The number of nitrogens with one attached hydrogen (secondary N) is 1. The molecule has 0 aliphatic rings. The van der Waals surface area contributed by atoms with Gasteiger partial charge in [-0.2, -0.15) is 0 Å². The number of benzene rings is 1. The van der Waals surface area contributed by atoms with E-state index in [9.17, 15) is 4.79 Å². The highest BCUT2D eigenvalue weighted by molar-refractivity contribution is 6.03. The molecule has 0 saturated heterocycles. The topological polar surface area (TPSA) is 90.1 Å². The van der Waals surface area contributed by atoms with Gasteiger partial charge in [-0.3, -0.25) is 4.79 Å². The van der Waals surface area contributed by atoms with Crippen molar-refractivity contribution in [1.29, 1.82) is 0 Å². The first-order valence-corrected chi connectivity index (χ1v) is 6.50. The first kappa shape index (κ1) is 13.7. The monoisotopic (exact) mass is 296 g/mol. The zero-order valence-electron chi connectivity index (χ0n) is 11.7. The van der Waals surface area contributed by atoms with Crippen molar-refractivity contribution in [2.45, 2.75) is 6.92 Å². The van der Waals surface area contributed by atoms with Gasteiger partial charge >= 0.3 is 6.01 Å². The normalized spacial score (nSPS) is 10.2. The van der Waals surface area contributed by atoms with Crippen molar-refractivity contribution < 1.29 is 14.1 Å². The largest absolute Gasteiger partial charge is 0.424 e. The Morgan fingerprint density at radius 2 is 1.91 bits per heavy atom.